The summed E-state index contributed by atoms with van der Waals surface area (Å²) in [5.41, 5.74) is -0.398. The minimum Gasteiger partial charge on any atom is -0.465 e. The molecule has 1 rings (SSSR count). The first-order chi connectivity index (χ1) is 6.71. The fourth-order valence-electron chi connectivity index (χ4n) is 2.59. The second kappa shape index (κ2) is 4.78. The third-order valence-electron chi connectivity index (χ3n) is 3.40. The minimum atomic E-state index is -0.398. The van der Waals surface area contributed by atoms with Crippen molar-refractivity contribution in [3.8, 4) is 0 Å². The van der Waals surface area contributed by atoms with E-state index in [0.717, 1.165) is 25.7 Å². The van der Waals surface area contributed by atoms with E-state index in [0.29, 0.717) is 12.5 Å². The van der Waals surface area contributed by atoms with Crippen molar-refractivity contribution >= 4 is 5.97 Å². The zero-order valence-electron chi connectivity index (χ0n) is 9.43. The number of hydrogen-bond donors (Lipinski definition) is 1. The van der Waals surface area contributed by atoms with Gasteiger partial charge in [0.15, 0.2) is 0 Å². The van der Waals surface area contributed by atoms with Crippen molar-refractivity contribution in [1.82, 2.24) is 5.32 Å². The molecule has 0 heterocycles. The highest BCUT2D eigenvalue weighted by Gasteiger charge is 2.47. The summed E-state index contributed by atoms with van der Waals surface area (Å²) in [7, 11) is 1.87. The largest absolute Gasteiger partial charge is 0.465 e. The van der Waals surface area contributed by atoms with E-state index in [4.69, 9.17) is 4.74 Å². The van der Waals surface area contributed by atoms with Gasteiger partial charge in [-0.2, -0.15) is 0 Å². The normalized spacial score (nSPS) is 31.8. The van der Waals surface area contributed by atoms with E-state index in [1.54, 1.807) is 0 Å². The van der Waals surface area contributed by atoms with Gasteiger partial charge in [-0.05, 0) is 32.7 Å². The van der Waals surface area contributed by atoms with Crippen LogP contribution in [0.1, 0.15) is 39.5 Å². The van der Waals surface area contributed by atoms with Crippen molar-refractivity contribution in [2.45, 2.75) is 45.1 Å². The molecule has 1 aliphatic rings. The number of likely N-dealkylation sites (N-methyl/N-ethyl adjacent to an activating group) is 1. The highest BCUT2D eigenvalue weighted by molar-refractivity contribution is 5.81. The monoisotopic (exact) mass is 199 g/mol. The zero-order chi connectivity index (χ0) is 10.6. The highest BCUT2D eigenvalue weighted by Crippen LogP contribution is 2.38. The van der Waals surface area contributed by atoms with E-state index >= 15 is 0 Å². The molecule has 1 saturated carbocycles. The Kier molecular flexibility index (Phi) is 3.93. The summed E-state index contributed by atoms with van der Waals surface area (Å²) < 4.78 is 5.15. The zero-order valence-corrected chi connectivity index (χ0v) is 9.43. The maximum absolute atomic E-state index is 11.9. The molecular weight excluding hydrogens is 178 g/mol. The summed E-state index contributed by atoms with van der Waals surface area (Å²) >= 11 is 0. The molecule has 1 aliphatic carbocycles. The maximum atomic E-state index is 11.9. The van der Waals surface area contributed by atoms with Gasteiger partial charge in [-0.15, -0.1) is 0 Å². The molecule has 0 aliphatic heterocycles. The number of esters is 1. The number of hydrogen-bond acceptors (Lipinski definition) is 3. The molecule has 1 N–H and O–H groups in total. The quantitative estimate of drug-likeness (QED) is 0.701. The predicted octanol–water partition coefficient (Wildman–Crippen LogP) is 1.72. The minimum absolute atomic E-state index is 0.0631. The lowest BCUT2D eigenvalue weighted by molar-refractivity contribution is -0.152. The van der Waals surface area contributed by atoms with Crippen LogP contribution in [0, 0.1) is 5.92 Å². The average Bonchev–Trinajstić information content (AvgIpc) is 2.61. The summed E-state index contributed by atoms with van der Waals surface area (Å²) in [6.07, 6.45) is 4.22. The van der Waals surface area contributed by atoms with E-state index in [1.165, 1.54) is 0 Å². The van der Waals surface area contributed by atoms with Crippen molar-refractivity contribution in [2.75, 3.05) is 13.7 Å². The van der Waals surface area contributed by atoms with E-state index < -0.39 is 5.54 Å². The molecule has 0 bridgehead atoms. The Bertz CT molecular complexity index is 205. The Morgan fingerprint density at radius 1 is 1.57 bits per heavy atom. The summed E-state index contributed by atoms with van der Waals surface area (Å²) in [5.74, 6) is 0.374. The molecule has 0 amide bonds. The number of carbonyl (C=O) groups is 1. The van der Waals surface area contributed by atoms with Gasteiger partial charge in [-0.1, -0.05) is 19.8 Å². The molecular formula is C11H21NO2. The van der Waals surface area contributed by atoms with Gasteiger partial charge in [0.2, 0.25) is 0 Å². The van der Waals surface area contributed by atoms with Crippen LogP contribution in [0.15, 0.2) is 0 Å². The molecule has 3 heteroatoms. The molecule has 82 valence electrons. The highest BCUT2D eigenvalue weighted by atomic mass is 16.5. The summed E-state index contributed by atoms with van der Waals surface area (Å²) in [4.78, 5) is 11.9. The van der Waals surface area contributed by atoms with E-state index in [-0.39, 0.29) is 5.97 Å². The second-order valence-electron chi connectivity index (χ2n) is 3.94. The van der Waals surface area contributed by atoms with Crippen LogP contribution in [-0.2, 0) is 9.53 Å². The van der Waals surface area contributed by atoms with Crippen molar-refractivity contribution in [1.29, 1.82) is 0 Å². The standard InChI is InChI=1S/C11H21NO2/c1-4-9-7-6-8-11(9,12-3)10(13)14-5-2/h9,12H,4-8H2,1-3H3. The summed E-state index contributed by atoms with van der Waals surface area (Å²) in [6, 6.07) is 0. The summed E-state index contributed by atoms with van der Waals surface area (Å²) in [6.45, 7) is 4.47. The Morgan fingerprint density at radius 3 is 2.79 bits per heavy atom. The van der Waals surface area contributed by atoms with Crippen molar-refractivity contribution in [3.63, 3.8) is 0 Å². The summed E-state index contributed by atoms with van der Waals surface area (Å²) in [5, 5.41) is 3.19. The molecule has 0 aromatic carbocycles. The van der Waals surface area contributed by atoms with Crippen LogP contribution in [0.25, 0.3) is 0 Å². The first-order valence-corrected chi connectivity index (χ1v) is 5.57. The van der Waals surface area contributed by atoms with Gasteiger partial charge in [0.1, 0.15) is 5.54 Å². The first kappa shape index (κ1) is 11.5. The smallest absolute Gasteiger partial charge is 0.326 e. The lowest BCUT2D eigenvalue weighted by Gasteiger charge is -2.32. The van der Waals surface area contributed by atoms with E-state index in [9.17, 15) is 4.79 Å². The molecule has 3 nitrogen and oxygen atoms in total. The molecule has 0 saturated heterocycles. The Morgan fingerprint density at radius 2 is 2.29 bits per heavy atom. The van der Waals surface area contributed by atoms with Crippen LogP contribution in [-0.4, -0.2) is 25.2 Å². The van der Waals surface area contributed by atoms with Crippen LogP contribution in [0.4, 0.5) is 0 Å². The lowest BCUT2D eigenvalue weighted by atomic mass is 9.85. The number of carbonyl (C=O) groups excluding carboxylic acids is 1. The van der Waals surface area contributed by atoms with Crippen molar-refractivity contribution in [3.05, 3.63) is 0 Å². The number of ether oxygens (including phenoxy) is 1. The van der Waals surface area contributed by atoms with Gasteiger partial charge in [-0.3, -0.25) is 4.79 Å². The molecule has 2 atom stereocenters. The van der Waals surface area contributed by atoms with Crippen LogP contribution < -0.4 is 5.32 Å². The van der Waals surface area contributed by atoms with E-state index in [1.807, 2.05) is 14.0 Å². The molecule has 0 spiro atoms. The third kappa shape index (κ3) is 1.78. The van der Waals surface area contributed by atoms with Gasteiger partial charge in [0.05, 0.1) is 6.61 Å². The SMILES string of the molecule is CCOC(=O)C1(NC)CCCC1CC. The van der Waals surface area contributed by atoms with Crippen molar-refractivity contribution in [2.24, 2.45) is 5.92 Å². The van der Waals surface area contributed by atoms with Crippen LogP contribution >= 0.6 is 0 Å². The fraction of sp³-hybridized carbons (Fsp3) is 0.909. The lowest BCUT2D eigenvalue weighted by Crippen LogP contribution is -2.53. The van der Waals surface area contributed by atoms with Crippen LogP contribution in [0.2, 0.25) is 0 Å². The Balaban J connectivity index is 2.78. The number of rotatable bonds is 4. The third-order valence-corrected chi connectivity index (χ3v) is 3.40. The molecule has 0 radical (unpaired) electrons. The average molecular weight is 199 g/mol. The van der Waals surface area contributed by atoms with Gasteiger partial charge >= 0.3 is 5.97 Å². The van der Waals surface area contributed by atoms with Gasteiger partial charge in [-0.25, -0.2) is 0 Å². The van der Waals surface area contributed by atoms with E-state index in [2.05, 4.69) is 12.2 Å². The topological polar surface area (TPSA) is 38.3 Å². The molecule has 0 aromatic rings. The van der Waals surface area contributed by atoms with Gasteiger partial charge in [0.25, 0.3) is 0 Å². The van der Waals surface area contributed by atoms with Crippen LogP contribution in [0.5, 0.6) is 0 Å². The maximum Gasteiger partial charge on any atom is 0.326 e. The molecule has 0 aromatic heterocycles. The van der Waals surface area contributed by atoms with Gasteiger partial charge in [0, 0.05) is 0 Å². The van der Waals surface area contributed by atoms with Gasteiger partial charge < -0.3 is 10.1 Å². The molecule has 2 unspecified atom stereocenters. The molecule has 14 heavy (non-hydrogen) atoms. The Labute approximate surface area is 86.2 Å². The fourth-order valence-corrected chi connectivity index (χ4v) is 2.59. The number of nitrogens with one attached hydrogen (secondary N) is 1. The Hall–Kier alpha value is -0.570. The second-order valence-corrected chi connectivity index (χ2v) is 3.94. The van der Waals surface area contributed by atoms with Crippen molar-refractivity contribution < 1.29 is 9.53 Å². The first-order valence-electron chi connectivity index (χ1n) is 5.57. The molecule has 1 fully saturated rings. The predicted molar refractivity (Wildman–Crippen MR) is 56.1 cm³/mol. The van der Waals surface area contributed by atoms with Crippen LogP contribution in [0.3, 0.4) is 0 Å².